The van der Waals surface area contributed by atoms with Gasteiger partial charge in [-0.3, -0.25) is 4.79 Å². The second-order valence-electron chi connectivity index (χ2n) is 9.68. The van der Waals surface area contributed by atoms with Gasteiger partial charge in [-0.05, 0) is 104 Å². The molecule has 30 heavy (non-hydrogen) atoms. The molecule has 4 bridgehead atoms. The molecule has 2 N–H and O–H groups in total. The molecule has 0 unspecified atom stereocenters. The number of benzene rings is 2. The van der Waals surface area contributed by atoms with E-state index in [1.807, 2.05) is 18.2 Å². The maximum absolute atomic E-state index is 13.1. The van der Waals surface area contributed by atoms with E-state index in [0.29, 0.717) is 21.8 Å². The number of carbonyl (C=O) groups excluding carboxylic acids is 1. The van der Waals surface area contributed by atoms with Crippen molar-refractivity contribution in [3.63, 3.8) is 0 Å². The molecule has 0 aromatic heterocycles. The van der Waals surface area contributed by atoms with Gasteiger partial charge in [0.05, 0.1) is 11.3 Å². The zero-order valence-electron chi connectivity index (χ0n) is 17.1. The molecular weight excluding hydrogens is 398 g/mol. The minimum Gasteiger partial charge on any atom is -0.478 e. The van der Waals surface area contributed by atoms with Crippen LogP contribution in [0.15, 0.2) is 36.4 Å². The van der Waals surface area contributed by atoms with Crippen molar-refractivity contribution < 1.29 is 14.7 Å². The zero-order valence-corrected chi connectivity index (χ0v) is 17.8. The van der Waals surface area contributed by atoms with Crippen LogP contribution in [-0.2, 0) is 5.41 Å². The first-order valence-corrected chi connectivity index (χ1v) is 11.2. The number of anilines is 1. The second kappa shape index (κ2) is 7.12. The number of amides is 1. The maximum Gasteiger partial charge on any atom is 0.337 e. The Hall–Kier alpha value is -2.33. The largest absolute Gasteiger partial charge is 0.478 e. The third-order valence-corrected chi connectivity index (χ3v) is 7.76. The number of hydrogen-bond acceptors (Lipinski definition) is 2. The fourth-order valence-corrected chi connectivity index (χ4v) is 6.99. The van der Waals surface area contributed by atoms with Crippen molar-refractivity contribution in [1.29, 1.82) is 0 Å². The van der Waals surface area contributed by atoms with Crippen LogP contribution in [0.3, 0.4) is 0 Å². The monoisotopic (exact) mass is 423 g/mol. The lowest BCUT2D eigenvalue weighted by atomic mass is 9.48. The van der Waals surface area contributed by atoms with Crippen LogP contribution in [0, 0.1) is 24.7 Å². The molecule has 0 atom stereocenters. The fourth-order valence-electron chi connectivity index (χ4n) is 6.72. The lowest BCUT2D eigenvalue weighted by Crippen LogP contribution is -2.48. The van der Waals surface area contributed by atoms with Crippen LogP contribution in [0.1, 0.15) is 70.4 Å². The highest BCUT2D eigenvalue weighted by Crippen LogP contribution is 2.60. The Balaban J connectivity index is 1.44. The van der Waals surface area contributed by atoms with Gasteiger partial charge >= 0.3 is 5.97 Å². The number of carboxylic acids is 1. The Morgan fingerprint density at radius 3 is 2.27 bits per heavy atom. The van der Waals surface area contributed by atoms with Gasteiger partial charge in [-0.2, -0.15) is 0 Å². The summed E-state index contributed by atoms with van der Waals surface area (Å²) in [5.41, 5.74) is 3.01. The molecule has 2 aromatic carbocycles. The average Bonchev–Trinajstić information content (AvgIpc) is 2.68. The second-order valence-corrected chi connectivity index (χ2v) is 10.1. The number of carboxylic acid groups (broad SMARTS) is 1. The van der Waals surface area contributed by atoms with E-state index in [2.05, 4.69) is 11.4 Å². The third kappa shape index (κ3) is 3.31. The summed E-state index contributed by atoms with van der Waals surface area (Å²) in [5, 5.41) is 12.7. The number of carbonyl (C=O) groups is 2. The Morgan fingerprint density at radius 1 is 1.03 bits per heavy atom. The number of aromatic carboxylic acids is 1. The van der Waals surface area contributed by atoms with E-state index in [1.165, 1.54) is 50.2 Å². The molecule has 4 fully saturated rings. The van der Waals surface area contributed by atoms with Gasteiger partial charge in [0.15, 0.2) is 0 Å². The highest BCUT2D eigenvalue weighted by atomic mass is 35.5. The Morgan fingerprint density at radius 2 is 1.67 bits per heavy atom. The van der Waals surface area contributed by atoms with E-state index in [-0.39, 0.29) is 16.9 Å². The van der Waals surface area contributed by atoms with Gasteiger partial charge in [-0.15, -0.1) is 0 Å². The summed E-state index contributed by atoms with van der Waals surface area (Å²) in [6.07, 6.45) is 7.87. The lowest BCUT2D eigenvalue weighted by Gasteiger charge is -2.57. The minimum atomic E-state index is -1.11. The quantitative estimate of drug-likeness (QED) is 0.627. The summed E-state index contributed by atoms with van der Waals surface area (Å²) in [6.45, 7) is 1.75. The maximum atomic E-state index is 13.1. The Labute approximate surface area is 181 Å². The molecule has 0 heterocycles. The molecule has 4 aliphatic rings. The van der Waals surface area contributed by atoms with E-state index in [4.69, 9.17) is 11.6 Å². The summed E-state index contributed by atoms with van der Waals surface area (Å²) in [4.78, 5) is 24.7. The van der Waals surface area contributed by atoms with Crippen molar-refractivity contribution in [2.75, 3.05) is 5.32 Å². The van der Waals surface area contributed by atoms with E-state index in [0.717, 1.165) is 17.8 Å². The van der Waals surface area contributed by atoms with Gasteiger partial charge in [0.25, 0.3) is 5.91 Å². The average molecular weight is 424 g/mol. The summed E-state index contributed by atoms with van der Waals surface area (Å²) >= 11 is 6.01. The normalized spacial score (nSPS) is 29.1. The molecule has 1 amide bonds. The van der Waals surface area contributed by atoms with Crippen LogP contribution in [-0.4, -0.2) is 17.0 Å². The number of halogens is 1. The van der Waals surface area contributed by atoms with Gasteiger partial charge < -0.3 is 10.4 Å². The van der Waals surface area contributed by atoms with Crippen molar-refractivity contribution in [2.24, 2.45) is 17.8 Å². The summed E-state index contributed by atoms with van der Waals surface area (Å²) < 4.78 is 0. The van der Waals surface area contributed by atoms with E-state index < -0.39 is 5.97 Å². The van der Waals surface area contributed by atoms with E-state index >= 15 is 0 Å². The van der Waals surface area contributed by atoms with Crippen molar-refractivity contribution in [2.45, 2.75) is 50.9 Å². The highest BCUT2D eigenvalue weighted by molar-refractivity contribution is 6.31. The van der Waals surface area contributed by atoms with Crippen molar-refractivity contribution in [1.82, 2.24) is 0 Å². The van der Waals surface area contributed by atoms with Crippen LogP contribution >= 0.6 is 11.6 Å². The Bertz CT molecular complexity index is 1010. The van der Waals surface area contributed by atoms with E-state index in [9.17, 15) is 14.7 Å². The standard InChI is InChI=1S/C25H26ClNO3/c1-14-5-20(26)10-21(24(29)30)22(14)27-23(28)18-3-2-4-19(9-18)25-11-15-6-16(12-25)8-17(7-15)13-25/h2-5,9-10,15-17H,6-8,11-13H2,1H3,(H,27,28)(H,29,30). The molecule has 6 rings (SSSR count). The molecule has 0 aliphatic heterocycles. The van der Waals surface area contributed by atoms with Crippen LogP contribution in [0.5, 0.6) is 0 Å². The molecule has 156 valence electrons. The molecule has 4 saturated carbocycles. The first kappa shape index (κ1) is 19.6. The van der Waals surface area contributed by atoms with Crippen molar-refractivity contribution in [3.8, 4) is 0 Å². The lowest BCUT2D eigenvalue weighted by molar-refractivity contribution is -0.00520. The zero-order chi connectivity index (χ0) is 21.0. The molecule has 0 spiro atoms. The van der Waals surface area contributed by atoms with Crippen LogP contribution < -0.4 is 5.32 Å². The van der Waals surface area contributed by atoms with Crippen molar-refractivity contribution >= 4 is 29.2 Å². The molecule has 0 saturated heterocycles. The third-order valence-electron chi connectivity index (χ3n) is 7.54. The molecule has 2 aromatic rings. The van der Waals surface area contributed by atoms with E-state index in [1.54, 1.807) is 13.0 Å². The summed E-state index contributed by atoms with van der Waals surface area (Å²) in [6, 6.07) is 11.0. The number of rotatable bonds is 4. The summed E-state index contributed by atoms with van der Waals surface area (Å²) in [7, 11) is 0. The summed E-state index contributed by atoms with van der Waals surface area (Å²) in [5.74, 6) is 1.11. The smallest absolute Gasteiger partial charge is 0.337 e. The molecular formula is C25H26ClNO3. The van der Waals surface area contributed by atoms with Gasteiger partial charge in [-0.25, -0.2) is 4.79 Å². The molecule has 5 heteroatoms. The molecule has 0 radical (unpaired) electrons. The first-order chi connectivity index (χ1) is 14.3. The molecule has 4 aliphatic carbocycles. The highest BCUT2D eigenvalue weighted by Gasteiger charge is 2.51. The van der Waals surface area contributed by atoms with Crippen LogP contribution in [0.4, 0.5) is 5.69 Å². The van der Waals surface area contributed by atoms with Gasteiger partial charge in [0.2, 0.25) is 0 Å². The SMILES string of the molecule is Cc1cc(Cl)cc(C(=O)O)c1NC(=O)c1cccc(C23CC4CC(CC(C4)C2)C3)c1. The van der Waals surface area contributed by atoms with Crippen molar-refractivity contribution in [3.05, 3.63) is 63.7 Å². The van der Waals surface area contributed by atoms with Gasteiger partial charge in [0.1, 0.15) is 0 Å². The Kier molecular flexibility index (Phi) is 4.66. The van der Waals surface area contributed by atoms with Gasteiger partial charge in [-0.1, -0.05) is 23.7 Å². The predicted molar refractivity (Wildman–Crippen MR) is 117 cm³/mol. The van der Waals surface area contributed by atoms with Crippen LogP contribution in [0.25, 0.3) is 0 Å². The number of nitrogens with one attached hydrogen (secondary N) is 1. The number of aryl methyl sites for hydroxylation is 1. The predicted octanol–water partition coefficient (Wildman–Crippen LogP) is 6.07. The number of hydrogen-bond donors (Lipinski definition) is 2. The molecule has 4 nitrogen and oxygen atoms in total. The topological polar surface area (TPSA) is 66.4 Å². The minimum absolute atomic E-state index is 0.00517. The fraction of sp³-hybridized carbons (Fsp3) is 0.440. The first-order valence-electron chi connectivity index (χ1n) is 10.8. The van der Waals surface area contributed by atoms with Crippen LogP contribution in [0.2, 0.25) is 5.02 Å². The van der Waals surface area contributed by atoms with Gasteiger partial charge in [0, 0.05) is 10.6 Å².